The summed E-state index contributed by atoms with van der Waals surface area (Å²) in [6, 6.07) is 10.3. The molecule has 4 heteroatoms. The van der Waals surface area contributed by atoms with Crippen molar-refractivity contribution in [1.29, 1.82) is 0 Å². The minimum atomic E-state index is 0.551. The van der Waals surface area contributed by atoms with E-state index in [0.717, 1.165) is 28.2 Å². The number of hydrogen-bond acceptors (Lipinski definition) is 4. The van der Waals surface area contributed by atoms with Crippen molar-refractivity contribution in [3.8, 4) is 21.8 Å². The zero-order chi connectivity index (χ0) is 14.7. The van der Waals surface area contributed by atoms with Gasteiger partial charge in [-0.2, -0.15) is 0 Å². The number of thiazole rings is 1. The molecular weight excluding hydrogens is 278 g/mol. The quantitative estimate of drug-likeness (QED) is 0.794. The lowest BCUT2D eigenvalue weighted by molar-refractivity contribution is 1.07. The minimum absolute atomic E-state index is 0.551. The first-order valence-corrected chi connectivity index (χ1v) is 7.88. The summed E-state index contributed by atoms with van der Waals surface area (Å²) in [7, 11) is 0. The van der Waals surface area contributed by atoms with Gasteiger partial charge in [0.05, 0.1) is 5.69 Å². The summed E-state index contributed by atoms with van der Waals surface area (Å²) in [5.74, 6) is 0. The Hall–Kier alpha value is -2.04. The van der Waals surface area contributed by atoms with E-state index in [1.807, 2.05) is 30.6 Å². The molecule has 3 rings (SSSR count). The standard InChI is InChI=1S/C17H17N3S/c1-2-13-10-19-7-6-15(13)17-20-16(11-21-17)14-5-3-4-12(8-14)9-18/h3-8,10-11H,2,9,18H2,1H3. The first kappa shape index (κ1) is 13.9. The lowest BCUT2D eigenvalue weighted by atomic mass is 10.1. The molecule has 106 valence electrons. The van der Waals surface area contributed by atoms with E-state index in [1.165, 1.54) is 11.1 Å². The maximum absolute atomic E-state index is 5.71. The van der Waals surface area contributed by atoms with Crippen LogP contribution in [0, 0.1) is 0 Å². The van der Waals surface area contributed by atoms with Crippen LogP contribution in [-0.4, -0.2) is 9.97 Å². The maximum Gasteiger partial charge on any atom is 0.124 e. The number of benzene rings is 1. The highest BCUT2D eigenvalue weighted by Crippen LogP contribution is 2.31. The van der Waals surface area contributed by atoms with E-state index in [2.05, 4.69) is 29.4 Å². The molecule has 0 aliphatic rings. The Kier molecular flexibility index (Phi) is 4.08. The van der Waals surface area contributed by atoms with Gasteiger partial charge < -0.3 is 5.73 Å². The zero-order valence-electron chi connectivity index (χ0n) is 11.9. The van der Waals surface area contributed by atoms with Gasteiger partial charge in [0.15, 0.2) is 0 Å². The molecule has 2 aromatic heterocycles. The van der Waals surface area contributed by atoms with E-state index >= 15 is 0 Å². The molecule has 0 bridgehead atoms. The molecule has 0 spiro atoms. The maximum atomic E-state index is 5.71. The Morgan fingerprint density at radius 2 is 2.14 bits per heavy atom. The Balaban J connectivity index is 1.99. The van der Waals surface area contributed by atoms with Crippen LogP contribution >= 0.6 is 11.3 Å². The lowest BCUT2D eigenvalue weighted by Crippen LogP contribution is -1.95. The normalized spacial score (nSPS) is 10.8. The van der Waals surface area contributed by atoms with Crippen molar-refractivity contribution < 1.29 is 0 Å². The number of rotatable bonds is 4. The zero-order valence-corrected chi connectivity index (χ0v) is 12.7. The van der Waals surface area contributed by atoms with Gasteiger partial charge in [0.2, 0.25) is 0 Å². The lowest BCUT2D eigenvalue weighted by Gasteiger charge is -2.03. The molecule has 1 aromatic carbocycles. The minimum Gasteiger partial charge on any atom is -0.326 e. The first-order valence-electron chi connectivity index (χ1n) is 7.00. The highest BCUT2D eigenvalue weighted by molar-refractivity contribution is 7.13. The smallest absolute Gasteiger partial charge is 0.124 e. The van der Waals surface area contributed by atoms with Crippen LogP contribution in [0.25, 0.3) is 21.8 Å². The summed E-state index contributed by atoms with van der Waals surface area (Å²) in [6.07, 6.45) is 4.71. The molecule has 0 unspecified atom stereocenters. The van der Waals surface area contributed by atoms with E-state index < -0.39 is 0 Å². The molecular formula is C17H17N3S. The van der Waals surface area contributed by atoms with Crippen molar-refractivity contribution in [3.05, 3.63) is 59.2 Å². The average Bonchev–Trinajstić information content (AvgIpc) is 3.04. The second kappa shape index (κ2) is 6.16. The Morgan fingerprint density at radius 1 is 1.24 bits per heavy atom. The van der Waals surface area contributed by atoms with Crippen molar-refractivity contribution in [3.63, 3.8) is 0 Å². The SMILES string of the molecule is CCc1cnccc1-c1nc(-c2cccc(CN)c2)cs1. The fraction of sp³-hybridized carbons (Fsp3) is 0.176. The highest BCUT2D eigenvalue weighted by Gasteiger charge is 2.10. The van der Waals surface area contributed by atoms with Gasteiger partial charge in [0.25, 0.3) is 0 Å². The number of nitrogens with zero attached hydrogens (tertiary/aromatic N) is 2. The number of nitrogens with two attached hydrogens (primary N) is 1. The van der Waals surface area contributed by atoms with Gasteiger partial charge in [0.1, 0.15) is 5.01 Å². The molecule has 0 aliphatic heterocycles. The van der Waals surface area contributed by atoms with Crippen LogP contribution in [0.1, 0.15) is 18.1 Å². The van der Waals surface area contributed by atoms with E-state index in [-0.39, 0.29) is 0 Å². The predicted octanol–water partition coefficient (Wildman–Crippen LogP) is 3.89. The van der Waals surface area contributed by atoms with Crippen molar-refractivity contribution in [1.82, 2.24) is 9.97 Å². The molecule has 0 amide bonds. The molecule has 0 saturated carbocycles. The Bertz CT molecular complexity index is 749. The van der Waals surface area contributed by atoms with Gasteiger partial charge in [-0.3, -0.25) is 4.98 Å². The van der Waals surface area contributed by atoms with Crippen LogP contribution in [0.5, 0.6) is 0 Å². The van der Waals surface area contributed by atoms with Crippen LogP contribution in [-0.2, 0) is 13.0 Å². The molecule has 2 N–H and O–H groups in total. The number of hydrogen-bond donors (Lipinski definition) is 1. The summed E-state index contributed by atoms with van der Waals surface area (Å²) in [4.78, 5) is 8.98. The van der Waals surface area contributed by atoms with Crippen molar-refractivity contribution in [2.45, 2.75) is 19.9 Å². The summed E-state index contributed by atoms with van der Waals surface area (Å²) in [6.45, 7) is 2.69. The molecule has 3 aromatic rings. The third-order valence-electron chi connectivity index (χ3n) is 3.48. The molecule has 0 saturated heterocycles. The van der Waals surface area contributed by atoms with E-state index in [1.54, 1.807) is 11.3 Å². The van der Waals surface area contributed by atoms with E-state index in [9.17, 15) is 0 Å². The summed E-state index contributed by atoms with van der Waals surface area (Å²) in [5.41, 5.74) is 11.4. The highest BCUT2D eigenvalue weighted by atomic mass is 32.1. The van der Waals surface area contributed by atoms with Crippen LogP contribution < -0.4 is 5.73 Å². The van der Waals surface area contributed by atoms with Gasteiger partial charge in [0, 0.05) is 35.4 Å². The van der Waals surface area contributed by atoms with Crippen LogP contribution in [0.3, 0.4) is 0 Å². The number of aromatic nitrogens is 2. The molecule has 0 fully saturated rings. The Labute approximate surface area is 128 Å². The molecule has 0 atom stereocenters. The van der Waals surface area contributed by atoms with Gasteiger partial charge in [-0.1, -0.05) is 25.1 Å². The van der Waals surface area contributed by atoms with Crippen molar-refractivity contribution in [2.75, 3.05) is 0 Å². The molecule has 2 heterocycles. The van der Waals surface area contributed by atoms with Crippen molar-refractivity contribution in [2.24, 2.45) is 5.73 Å². The van der Waals surface area contributed by atoms with Gasteiger partial charge >= 0.3 is 0 Å². The number of pyridine rings is 1. The molecule has 21 heavy (non-hydrogen) atoms. The van der Waals surface area contributed by atoms with Gasteiger partial charge in [-0.25, -0.2) is 4.98 Å². The summed E-state index contributed by atoms with van der Waals surface area (Å²) < 4.78 is 0. The average molecular weight is 295 g/mol. The number of aryl methyl sites for hydroxylation is 1. The fourth-order valence-corrected chi connectivity index (χ4v) is 3.19. The fourth-order valence-electron chi connectivity index (χ4n) is 2.31. The first-order chi connectivity index (χ1) is 10.3. The van der Waals surface area contributed by atoms with Gasteiger partial charge in [-0.05, 0) is 29.7 Å². The molecule has 0 aliphatic carbocycles. The van der Waals surface area contributed by atoms with Gasteiger partial charge in [-0.15, -0.1) is 11.3 Å². The molecule has 0 radical (unpaired) electrons. The third-order valence-corrected chi connectivity index (χ3v) is 4.35. The van der Waals surface area contributed by atoms with Crippen LogP contribution in [0.2, 0.25) is 0 Å². The molecule has 3 nitrogen and oxygen atoms in total. The Morgan fingerprint density at radius 3 is 2.95 bits per heavy atom. The summed E-state index contributed by atoms with van der Waals surface area (Å²) in [5, 5.41) is 3.15. The van der Waals surface area contributed by atoms with E-state index in [0.29, 0.717) is 6.54 Å². The monoisotopic (exact) mass is 295 g/mol. The van der Waals surface area contributed by atoms with E-state index in [4.69, 9.17) is 10.7 Å². The summed E-state index contributed by atoms with van der Waals surface area (Å²) >= 11 is 1.67. The predicted molar refractivity (Wildman–Crippen MR) is 88.1 cm³/mol. The second-order valence-corrected chi connectivity index (χ2v) is 5.69. The van der Waals surface area contributed by atoms with Crippen molar-refractivity contribution >= 4 is 11.3 Å². The van der Waals surface area contributed by atoms with Crippen LogP contribution in [0.15, 0.2) is 48.1 Å². The second-order valence-electron chi connectivity index (χ2n) is 4.83. The van der Waals surface area contributed by atoms with Crippen LogP contribution in [0.4, 0.5) is 0 Å². The topological polar surface area (TPSA) is 51.8 Å². The third kappa shape index (κ3) is 2.86. The largest absolute Gasteiger partial charge is 0.326 e.